The molecule has 3 N–H and O–H groups in total. The van der Waals surface area contributed by atoms with Gasteiger partial charge in [-0.25, -0.2) is 0 Å². The molecule has 0 aromatic rings. The van der Waals surface area contributed by atoms with Gasteiger partial charge < -0.3 is 53.5 Å². The normalized spacial score (nSPS) is 7.47. The fourth-order valence-corrected chi connectivity index (χ4v) is 0. The second-order valence-electron chi connectivity index (χ2n) is 1.20. The molecular formula is CH3Na5O11P2. The first-order valence-electron chi connectivity index (χ1n) is 2.13. The summed E-state index contributed by atoms with van der Waals surface area (Å²) in [5.41, 5.74) is 0. The van der Waals surface area contributed by atoms with Gasteiger partial charge in [-0.3, -0.25) is 0 Å². The van der Waals surface area contributed by atoms with Crippen molar-refractivity contribution in [3.63, 3.8) is 0 Å². The molecule has 0 rings (SSSR count). The van der Waals surface area contributed by atoms with Crippen LogP contribution in [-0.4, -0.2) is 21.0 Å². The Morgan fingerprint density at radius 3 is 0.737 bits per heavy atom. The van der Waals surface area contributed by atoms with E-state index in [1.807, 2.05) is 0 Å². The number of carboxylic acid groups (broad SMARTS) is 2. The van der Waals surface area contributed by atoms with Crippen molar-refractivity contribution in [2.45, 2.75) is 0 Å². The summed E-state index contributed by atoms with van der Waals surface area (Å²) in [6, 6.07) is 0. The van der Waals surface area contributed by atoms with Gasteiger partial charge in [0.1, 0.15) is 0 Å². The second-order valence-corrected chi connectivity index (χ2v) is 3.08. The van der Waals surface area contributed by atoms with Gasteiger partial charge in [0.05, 0.1) is 15.6 Å². The van der Waals surface area contributed by atoms with Crippen molar-refractivity contribution in [1.29, 1.82) is 0 Å². The quantitative estimate of drug-likeness (QED) is 0.268. The molecule has 19 heavy (non-hydrogen) atoms. The fraction of sp³-hybridized carbons (Fsp3) is 0. The number of hydrogen-bond acceptors (Lipinski definition) is 8. The molecular weight excluding hydrogens is 365 g/mol. The van der Waals surface area contributed by atoms with E-state index in [9.17, 15) is 0 Å². The molecule has 0 aromatic carbocycles. The van der Waals surface area contributed by atoms with Crippen LogP contribution in [0.15, 0.2) is 0 Å². The van der Waals surface area contributed by atoms with E-state index in [0.717, 1.165) is 0 Å². The average Bonchev–Trinajstić information content (AvgIpc) is 1.45. The van der Waals surface area contributed by atoms with E-state index in [4.69, 9.17) is 53.5 Å². The molecule has 0 fully saturated rings. The van der Waals surface area contributed by atoms with Crippen molar-refractivity contribution in [1.82, 2.24) is 0 Å². The standard InChI is InChI=1S/CH2O3.5Na.2H3O4P/c2-1(3)4;;;;;;2*1-5(2,3)4/h(H2,2,3,4);;;;;;2*(H3,1,2,3,4)/q;5*+1;;/p-5. The van der Waals surface area contributed by atoms with E-state index in [0.29, 0.717) is 0 Å². The monoisotopic (exact) mass is 368 g/mol. The summed E-state index contributed by atoms with van der Waals surface area (Å²) in [6.45, 7) is 0. The minimum absolute atomic E-state index is 0. The predicted octanol–water partition coefficient (Wildman–Crippen LogP) is -20.5. The van der Waals surface area contributed by atoms with Crippen LogP contribution in [0, 0.1) is 0 Å². The Kier molecular flexibility index (Phi) is 71.3. The molecule has 0 heterocycles. The van der Waals surface area contributed by atoms with E-state index in [-0.39, 0.29) is 148 Å². The number of phosphoric acid groups is 2. The maximum atomic E-state index is 8.66. The smallest absolute Gasteiger partial charge is 0.790 e. The summed E-state index contributed by atoms with van der Waals surface area (Å²) >= 11 is 0. The van der Waals surface area contributed by atoms with Gasteiger partial charge >= 0.3 is 148 Å². The summed E-state index contributed by atoms with van der Waals surface area (Å²) in [5, 5.41) is 15.3. The zero-order valence-electron chi connectivity index (χ0n) is 11.0. The fourth-order valence-electron chi connectivity index (χ4n) is 0. The molecule has 0 unspecified atom stereocenters. The van der Waals surface area contributed by atoms with Crippen molar-refractivity contribution in [2.75, 3.05) is 0 Å². The number of hydrogen-bond donors (Lipinski definition) is 3. The van der Waals surface area contributed by atoms with Gasteiger partial charge in [0.2, 0.25) is 6.16 Å². The summed E-state index contributed by atoms with van der Waals surface area (Å²) in [5.74, 6) is 0. The van der Waals surface area contributed by atoms with Gasteiger partial charge in [-0.1, -0.05) is 0 Å². The van der Waals surface area contributed by atoms with Crippen molar-refractivity contribution in [2.24, 2.45) is 0 Å². The Morgan fingerprint density at radius 1 is 0.737 bits per heavy atom. The Hall–Kier alpha value is 4.49. The van der Waals surface area contributed by atoms with Crippen LogP contribution in [0.25, 0.3) is 0 Å². The third-order valence-electron chi connectivity index (χ3n) is 0. The molecule has 0 aliphatic heterocycles. The van der Waals surface area contributed by atoms with Crippen molar-refractivity contribution < 1.29 is 201 Å². The summed E-state index contributed by atoms with van der Waals surface area (Å²) < 4.78 is 17.3. The third-order valence-corrected chi connectivity index (χ3v) is 0. The molecule has 0 atom stereocenters. The zero-order valence-corrected chi connectivity index (χ0v) is 22.8. The number of rotatable bonds is 0. The van der Waals surface area contributed by atoms with Crippen LogP contribution in [0.3, 0.4) is 0 Å². The summed E-state index contributed by atoms with van der Waals surface area (Å²) in [6.07, 6.45) is -2.08. The Balaban J connectivity index is -0.0000000141. The van der Waals surface area contributed by atoms with E-state index in [1.165, 1.54) is 0 Å². The molecule has 18 heteroatoms. The van der Waals surface area contributed by atoms with Crippen LogP contribution in [0.2, 0.25) is 0 Å². The van der Waals surface area contributed by atoms with Crippen LogP contribution in [0.4, 0.5) is 4.79 Å². The topological polar surface area (TPSA) is 227 Å². The molecule has 0 aliphatic rings. The average molecular weight is 368 g/mol. The van der Waals surface area contributed by atoms with Crippen LogP contribution in [-0.2, 0) is 9.13 Å². The zero-order chi connectivity index (χ0) is 12.6. The van der Waals surface area contributed by atoms with Crippen molar-refractivity contribution in [3.05, 3.63) is 0 Å². The van der Waals surface area contributed by atoms with Gasteiger partial charge in [-0.15, -0.1) is 0 Å². The third kappa shape index (κ3) is 468. The van der Waals surface area contributed by atoms with Gasteiger partial charge in [-0.05, 0) is 0 Å². The van der Waals surface area contributed by atoms with Crippen LogP contribution >= 0.6 is 15.6 Å². The van der Waals surface area contributed by atoms with Gasteiger partial charge in [0.15, 0.2) is 0 Å². The SMILES string of the molecule is O=C([O-])O.O=P([O-])([O-])O.O=P([O-])([O-])O.[Na+].[Na+].[Na+].[Na+].[Na+]. The summed E-state index contributed by atoms with van der Waals surface area (Å²) in [4.78, 5) is 57.0. The minimum Gasteiger partial charge on any atom is -0.790 e. The molecule has 0 aliphatic carbocycles. The summed E-state index contributed by atoms with van der Waals surface area (Å²) in [7, 11) is -10.3. The van der Waals surface area contributed by atoms with E-state index >= 15 is 0 Å². The molecule has 0 aromatic heterocycles. The predicted molar refractivity (Wildman–Crippen MR) is 27.7 cm³/mol. The molecule has 11 nitrogen and oxygen atoms in total. The Morgan fingerprint density at radius 2 is 0.737 bits per heavy atom. The van der Waals surface area contributed by atoms with E-state index < -0.39 is 21.8 Å². The van der Waals surface area contributed by atoms with Gasteiger partial charge in [-0.2, -0.15) is 0 Å². The van der Waals surface area contributed by atoms with Gasteiger partial charge in [0, 0.05) is 0 Å². The first-order valence-corrected chi connectivity index (χ1v) is 5.12. The minimum atomic E-state index is -5.14. The first kappa shape index (κ1) is 49.5. The van der Waals surface area contributed by atoms with Gasteiger partial charge in [0.25, 0.3) is 0 Å². The largest absolute Gasteiger partial charge is 1.00 e. The maximum Gasteiger partial charge on any atom is 1.00 e. The molecule has 0 radical (unpaired) electrons. The molecule has 0 spiro atoms. The van der Waals surface area contributed by atoms with E-state index in [1.54, 1.807) is 0 Å². The first-order chi connectivity index (χ1) is 5.73. The second kappa shape index (κ2) is 27.3. The van der Waals surface area contributed by atoms with Crippen LogP contribution in [0.5, 0.6) is 0 Å². The van der Waals surface area contributed by atoms with Crippen LogP contribution < -0.4 is 172 Å². The Bertz CT molecular complexity index is 205. The molecule has 88 valence electrons. The van der Waals surface area contributed by atoms with Crippen molar-refractivity contribution in [3.8, 4) is 0 Å². The Labute approximate surface area is 218 Å². The molecule has 0 saturated carbocycles. The maximum absolute atomic E-state index is 8.66. The molecule has 0 amide bonds. The van der Waals surface area contributed by atoms with Crippen LogP contribution in [0.1, 0.15) is 0 Å². The van der Waals surface area contributed by atoms with E-state index in [2.05, 4.69) is 0 Å². The number of carbonyl (C=O) groups is 1. The van der Waals surface area contributed by atoms with Crippen molar-refractivity contribution >= 4 is 21.8 Å². The molecule has 0 bridgehead atoms. The molecule has 0 saturated heterocycles.